The number of carbonyl (C=O) groups excluding carboxylic acids is 4. The number of likely N-dealkylation sites (tertiary alicyclic amines) is 1. The summed E-state index contributed by atoms with van der Waals surface area (Å²) < 4.78 is 18.6. The summed E-state index contributed by atoms with van der Waals surface area (Å²) >= 11 is 3.76. The van der Waals surface area contributed by atoms with Crippen molar-refractivity contribution in [2.24, 2.45) is 11.8 Å². The van der Waals surface area contributed by atoms with Crippen LogP contribution in [0.15, 0.2) is 86.0 Å². The van der Waals surface area contributed by atoms with Crippen molar-refractivity contribution in [2.75, 3.05) is 33.4 Å². The largest absolute Gasteiger partial charge is 0.455 e. The fourth-order valence-electron chi connectivity index (χ4n) is 8.16. The summed E-state index contributed by atoms with van der Waals surface area (Å²) in [7, 11) is 1.51. The number of amides is 3. The summed E-state index contributed by atoms with van der Waals surface area (Å²) in [4.78, 5) is 60.1. The van der Waals surface area contributed by atoms with E-state index in [1.54, 1.807) is 22.0 Å². The molecule has 2 aromatic carbocycles. The molecule has 3 fully saturated rings. The molecule has 3 aliphatic heterocycles. The van der Waals surface area contributed by atoms with E-state index in [1.807, 2.05) is 60.7 Å². The first-order valence-corrected chi connectivity index (χ1v) is 19.4. The van der Waals surface area contributed by atoms with Gasteiger partial charge in [0.2, 0.25) is 17.7 Å². The molecule has 12 heteroatoms. The smallest absolute Gasteiger partial charge is 0.313 e. The van der Waals surface area contributed by atoms with Crippen LogP contribution in [-0.4, -0.2) is 101 Å². The number of aliphatic hydroxyl groups excluding tert-OH is 1. The number of allylic oxidation sites excluding steroid dienone is 1. The second-order valence-corrected chi connectivity index (χ2v) is 15.2. The van der Waals surface area contributed by atoms with Crippen LogP contribution in [-0.2, 0) is 39.9 Å². The molecule has 0 aliphatic carbocycles. The van der Waals surface area contributed by atoms with Gasteiger partial charge in [0.25, 0.3) is 0 Å². The van der Waals surface area contributed by atoms with E-state index in [0.29, 0.717) is 44.3 Å². The highest BCUT2D eigenvalue weighted by atomic mass is 79.9. The summed E-state index contributed by atoms with van der Waals surface area (Å²) in [6.45, 7) is 8.62. The molecule has 0 saturated carbocycles. The zero-order valence-electron chi connectivity index (χ0n) is 30.4. The number of nitrogens with zero attached hydrogens (tertiary/aromatic N) is 2. The number of hydrogen-bond acceptors (Lipinski definition) is 8. The Labute approximate surface area is 320 Å². The Morgan fingerprint density at radius 3 is 2.43 bits per heavy atom. The van der Waals surface area contributed by atoms with Crippen molar-refractivity contribution in [1.82, 2.24) is 15.1 Å². The van der Waals surface area contributed by atoms with E-state index in [9.17, 15) is 24.3 Å². The molecular weight excluding hydrogens is 742 g/mol. The first kappa shape index (κ1) is 40.3. The molecule has 1 spiro atoms. The second kappa shape index (κ2) is 19.0. The minimum atomic E-state index is -1.27. The molecule has 286 valence electrons. The normalized spacial score (nSPS) is 25.4. The van der Waals surface area contributed by atoms with Crippen molar-refractivity contribution in [2.45, 2.75) is 86.2 Å². The van der Waals surface area contributed by atoms with Crippen LogP contribution in [0.2, 0.25) is 0 Å². The molecule has 3 heterocycles. The van der Waals surface area contributed by atoms with Gasteiger partial charge in [-0.05, 0) is 36.8 Å². The summed E-state index contributed by atoms with van der Waals surface area (Å²) in [5, 5.41) is 12.3. The number of halogens is 1. The number of carbonyl (C=O) groups is 4. The summed E-state index contributed by atoms with van der Waals surface area (Å²) in [6.07, 6.45) is 5.53. The van der Waals surface area contributed by atoms with Gasteiger partial charge in [0.15, 0.2) is 0 Å². The van der Waals surface area contributed by atoms with Crippen LogP contribution in [0.4, 0.5) is 0 Å². The van der Waals surface area contributed by atoms with Gasteiger partial charge in [-0.2, -0.15) is 0 Å². The fourth-order valence-corrected chi connectivity index (χ4v) is 9.10. The quantitative estimate of drug-likeness (QED) is 0.0791. The number of fused-ring (bicyclic) bond motifs is 1. The van der Waals surface area contributed by atoms with Crippen LogP contribution in [0.25, 0.3) is 0 Å². The Balaban J connectivity index is 1.49. The average molecular weight is 795 g/mol. The standard InChI is InChI=1S/C41H52BrN3O8/c1-4-6-21-32(47)43-31(27-51-3)35(29-19-13-10-14-20-29)52-40(50)33-34-38(48)45(23-15-7-8-16-24-46)37(41(34)25-30(42)36(33)53-41)39(49)44(22-5-2)26-28-17-11-9-12-18-28/h4-5,9-14,17-20,30-31,33-37,46H,1-2,6-8,15-16,21-27H2,3H3,(H,43,47)/t30?,31-,33-,34+,35-,36-,37-,41+/m1/s1. The van der Waals surface area contributed by atoms with Crippen molar-refractivity contribution in [1.29, 1.82) is 0 Å². The molecular formula is C41H52BrN3O8. The van der Waals surface area contributed by atoms with Gasteiger partial charge in [0, 0.05) is 44.6 Å². The Kier molecular flexibility index (Phi) is 14.4. The van der Waals surface area contributed by atoms with Crippen LogP contribution in [0, 0.1) is 11.8 Å². The van der Waals surface area contributed by atoms with Crippen LogP contribution < -0.4 is 5.32 Å². The third-order valence-electron chi connectivity index (χ3n) is 10.5. The van der Waals surface area contributed by atoms with E-state index >= 15 is 0 Å². The summed E-state index contributed by atoms with van der Waals surface area (Å²) in [6, 6.07) is 17.1. The monoisotopic (exact) mass is 793 g/mol. The number of alkyl halides is 1. The van der Waals surface area contributed by atoms with E-state index < -0.39 is 47.7 Å². The van der Waals surface area contributed by atoms with Crippen LogP contribution in [0.3, 0.4) is 0 Å². The van der Waals surface area contributed by atoms with Crippen molar-refractivity contribution >= 4 is 39.6 Å². The number of unbranched alkanes of at least 4 members (excludes halogenated alkanes) is 3. The van der Waals surface area contributed by atoms with Crippen molar-refractivity contribution in [3.63, 3.8) is 0 Å². The third kappa shape index (κ3) is 8.94. The number of esters is 1. The fraction of sp³-hybridized carbons (Fsp3) is 0.512. The molecule has 1 unspecified atom stereocenters. The van der Waals surface area contributed by atoms with Gasteiger partial charge >= 0.3 is 5.97 Å². The van der Waals surface area contributed by atoms with Gasteiger partial charge in [0.1, 0.15) is 17.7 Å². The molecule has 0 aromatic heterocycles. The van der Waals surface area contributed by atoms with E-state index in [1.165, 1.54) is 7.11 Å². The number of methoxy groups -OCH3 is 1. The Morgan fingerprint density at radius 1 is 1.08 bits per heavy atom. The van der Waals surface area contributed by atoms with Crippen molar-refractivity contribution in [3.05, 3.63) is 97.1 Å². The van der Waals surface area contributed by atoms with E-state index in [0.717, 1.165) is 18.4 Å². The lowest BCUT2D eigenvalue weighted by Crippen LogP contribution is -2.56. The van der Waals surface area contributed by atoms with Gasteiger partial charge in [-0.25, -0.2) is 0 Å². The average Bonchev–Trinajstić information content (AvgIpc) is 3.76. The lowest BCUT2D eigenvalue weighted by Gasteiger charge is -2.37. The first-order valence-electron chi connectivity index (χ1n) is 18.5. The highest BCUT2D eigenvalue weighted by Gasteiger charge is 2.77. The molecule has 11 nitrogen and oxygen atoms in total. The van der Waals surface area contributed by atoms with Gasteiger partial charge < -0.3 is 34.4 Å². The molecule has 3 saturated heterocycles. The van der Waals surface area contributed by atoms with E-state index in [4.69, 9.17) is 14.2 Å². The molecule has 8 atom stereocenters. The van der Waals surface area contributed by atoms with E-state index in [-0.39, 0.29) is 48.7 Å². The first-order chi connectivity index (χ1) is 25.7. The van der Waals surface area contributed by atoms with Crippen molar-refractivity contribution < 1.29 is 38.5 Å². The molecule has 2 bridgehead atoms. The summed E-state index contributed by atoms with van der Waals surface area (Å²) in [5.74, 6) is -3.43. The minimum Gasteiger partial charge on any atom is -0.455 e. The Bertz CT molecular complexity index is 1580. The second-order valence-electron chi connectivity index (χ2n) is 14.1. The van der Waals surface area contributed by atoms with Gasteiger partial charge in [-0.1, -0.05) is 102 Å². The van der Waals surface area contributed by atoms with Crippen LogP contribution in [0.1, 0.15) is 62.2 Å². The highest BCUT2D eigenvalue weighted by Crippen LogP contribution is 2.60. The lowest BCUT2D eigenvalue weighted by molar-refractivity contribution is -0.163. The number of rotatable bonds is 21. The lowest BCUT2D eigenvalue weighted by atomic mass is 9.70. The Hall–Kier alpha value is -3.84. The maximum absolute atomic E-state index is 14.8. The topological polar surface area (TPSA) is 135 Å². The molecule has 3 aliphatic rings. The molecule has 53 heavy (non-hydrogen) atoms. The number of nitrogens with one attached hydrogen (secondary N) is 1. The Morgan fingerprint density at radius 2 is 1.77 bits per heavy atom. The van der Waals surface area contributed by atoms with Crippen LogP contribution >= 0.6 is 15.9 Å². The predicted octanol–water partition coefficient (Wildman–Crippen LogP) is 4.88. The number of benzene rings is 2. The molecule has 2 aromatic rings. The number of hydrogen-bond donors (Lipinski definition) is 2. The van der Waals surface area contributed by atoms with Crippen LogP contribution in [0.5, 0.6) is 0 Å². The molecule has 2 N–H and O–H groups in total. The number of aliphatic hydroxyl groups is 1. The maximum Gasteiger partial charge on any atom is 0.313 e. The third-order valence-corrected chi connectivity index (χ3v) is 11.3. The minimum absolute atomic E-state index is 0.0613. The number of ether oxygens (including phenoxy) is 3. The summed E-state index contributed by atoms with van der Waals surface area (Å²) in [5.41, 5.74) is 0.310. The van der Waals surface area contributed by atoms with Crippen molar-refractivity contribution in [3.8, 4) is 0 Å². The predicted molar refractivity (Wildman–Crippen MR) is 204 cm³/mol. The zero-order chi connectivity index (χ0) is 38.0. The molecule has 5 rings (SSSR count). The SMILES string of the molecule is C=CCCC(=O)N[C@H](COC)[C@H](OC(=O)[C@H]1[C@@H]2O[C@@]3(CC2Br)[C@@H]1C(=O)N(CCCCCCO)[C@@H]3C(=O)N(CC=C)Cc1ccccc1)c1ccccc1. The van der Waals surface area contributed by atoms with E-state index in [2.05, 4.69) is 34.4 Å². The van der Waals surface area contributed by atoms with Gasteiger partial charge in [-0.3, -0.25) is 19.2 Å². The zero-order valence-corrected chi connectivity index (χ0v) is 32.0. The molecule has 0 radical (unpaired) electrons. The molecule has 3 amide bonds. The van der Waals surface area contributed by atoms with Gasteiger partial charge in [0.05, 0.1) is 30.6 Å². The maximum atomic E-state index is 14.8. The highest BCUT2D eigenvalue weighted by molar-refractivity contribution is 9.09. The van der Waals surface area contributed by atoms with Gasteiger partial charge in [-0.15, -0.1) is 13.2 Å².